The van der Waals surface area contributed by atoms with E-state index in [1.165, 1.54) is 10.6 Å². The minimum absolute atomic E-state index is 0.103. The second kappa shape index (κ2) is 5.20. The van der Waals surface area contributed by atoms with Crippen molar-refractivity contribution in [2.75, 3.05) is 0 Å². The van der Waals surface area contributed by atoms with Crippen LogP contribution < -0.4 is 0 Å². The smallest absolute Gasteiger partial charge is 0.350 e. The maximum Gasteiger partial charge on any atom is 0.350 e. The Balaban J connectivity index is 0.000000686. The minimum atomic E-state index is -0.510. The number of fused-ring (bicyclic) bond motifs is 1. The predicted molar refractivity (Wildman–Crippen MR) is 63.3 cm³/mol. The second-order valence-corrected chi connectivity index (χ2v) is 3.05. The highest BCUT2D eigenvalue weighted by molar-refractivity contribution is 5.84. The van der Waals surface area contributed by atoms with E-state index in [1.54, 1.807) is 19.1 Å². The standard InChI is InChI=1S/C9H7N3O3.C2H6/c1-6-9(12(14)15)11-4-2-3-7(5-13)8(11)10-6;1-2/h2-5H,1H3;1-2H3. The SMILES string of the molecule is CC.Cc1nc2c(C=O)cccn2c1[N+](=O)[O-]. The number of aromatic nitrogens is 2. The number of aryl methyl sites for hydroxylation is 1. The third-order valence-electron chi connectivity index (χ3n) is 2.12. The van der Waals surface area contributed by atoms with Crippen LogP contribution in [0, 0.1) is 17.0 Å². The molecule has 2 heterocycles. The molecule has 0 N–H and O–H groups in total. The summed E-state index contributed by atoms with van der Waals surface area (Å²) in [7, 11) is 0. The summed E-state index contributed by atoms with van der Waals surface area (Å²) in [5, 5.41) is 10.8. The molecule has 6 heteroatoms. The number of hydrogen-bond acceptors (Lipinski definition) is 4. The monoisotopic (exact) mass is 235 g/mol. The third kappa shape index (κ3) is 2.15. The summed E-state index contributed by atoms with van der Waals surface area (Å²) >= 11 is 0. The summed E-state index contributed by atoms with van der Waals surface area (Å²) < 4.78 is 1.30. The Morgan fingerprint density at radius 3 is 2.65 bits per heavy atom. The molecule has 0 radical (unpaired) electrons. The Bertz CT molecular complexity index is 560. The highest BCUT2D eigenvalue weighted by atomic mass is 16.6. The molecular weight excluding hydrogens is 222 g/mol. The number of rotatable bonds is 2. The molecule has 0 aliphatic carbocycles. The quantitative estimate of drug-likeness (QED) is 0.455. The molecule has 0 saturated carbocycles. The van der Waals surface area contributed by atoms with Gasteiger partial charge in [-0.15, -0.1) is 0 Å². The lowest BCUT2D eigenvalue weighted by molar-refractivity contribution is -0.390. The molecule has 90 valence electrons. The fourth-order valence-corrected chi connectivity index (χ4v) is 1.50. The van der Waals surface area contributed by atoms with Gasteiger partial charge in [-0.05, 0) is 24.0 Å². The maximum atomic E-state index is 10.8. The van der Waals surface area contributed by atoms with E-state index in [0.29, 0.717) is 23.2 Å². The fourth-order valence-electron chi connectivity index (χ4n) is 1.50. The molecular formula is C11H13N3O3. The van der Waals surface area contributed by atoms with Gasteiger partial charge in [0.15, 0.2) is 6.29 Å². The minimum Gasteiger partial charge on any atom is -0.358 e. The average Bonchev–Trinajstić information content (AvgIpc) is 2.67. The van der Waals surface area contributed by atoms with E-state index in [1.807, 2.05) is 13.8 Å². The van der Waals surface area contributed by atoms with E-state index in [9.17, 15) is 14.9 Å². The van der Waals surface area contributed by atoms with E-state index in [4.69, 9.17) is 0 Å². The van der Waals surface area contributed by atoms with Gasteiger partial charge in [-0.1, -0.05) is 13.8 Å². The highest BCUT2D eigenvalue weighted by Crippen LogP contribution is 2.20. The third-order valence-corrected chi connectivity index (χ3v) is 2.12. The lowest BCUT2D eigenvalue weighted by atomic mass is 10.3. The molecule has 0 fully saturated rings. The molecule has 0 bridgehead atoms. The van der Waals surface area contributed by atoms with Gasteiger partial charge in [0.25, 0.3) is 0 Å². The van der Waals surface area contributed by atoms with Crippen LogP contribution in [-0.2, 0) is 0 Å². The summed E-state index contributed by atoms with van der Waals surface area (Å²) in [6.07, 6.45) is 2.14. The van der Waals surface area contributed by atoms with Crippen molar-refractivity contribution in [2.24, 2.45) is 0 Å². The van der Waals surface area contributed by atoms with Crippen molar-refractivity contribution in [1.82, 2.24) is 9.38 Å². The van der Waals surface area contributed by atoms with Gasteiger partial charge in [-0.2, -0.15) is 4.40 Å². The van der Waals surface area contributed by atoms with Crippen molar-refractivity contribution < 1.29 is 9.72 Å². The predicted octanol–water partition coefficient (Wildman–Crippen LogP) is 2.39. The maximum absolute atomic E-state index is 10.8. The Labute approximate surface area is 98.0 Å². The molecule has 2 aromatic rings. The van der Waals surface area contributed by atoms with Gasteiger partial charge >= 0.3 is 5.82 Å². The zero-order valence-corrected chi connectivity index (χ0v) is 9.88. The van der Waals surface area contributed by atoms with Crippen LogP contribution in [-0.4, -0.2) is 20.6 Å². The number of imidazole rings is 1. The molecule has 0 unspecified atom stereocenters. The fraction of sp³-hybridized carbons (Fsp3) is 0.273. The number of carbonyl (C=O) groups excluding carboxylic acids is 1. The largest absolute Gasteiger partial charge is 0.358 e. The topological polar surface area (TPSA) is 77.5 Å². The van der Waals surface area contributed by atoms with E-state index in [2.05, 4.69) is 4.98 Å². The summed E-state index contributed by atoms with van der Waals surface area (Å²) in [6, 6.07) is 3.14. The zero-order valence-electron chi connectivity index (χ0n) is 9.88. The number of nitrogens with zero attached hydrogens (tertiary/aromatic N) is 3. The summed E-state index contributed by atoms with van der Waals surface area (Å²) in [5.41, 5.74) is 0.958. The molecule has 0 spiro atoms. The zero-order chi connectivity index (χ0) is 13.0. The first kappa shape index (κ1) is 12.8. The molecule has 0 aliphatic rings. The number of aldehydes is 1. The van der Waals surface area contributed by atoms with Crippen molar-refractivity contribution in [2.45, 2.75) is 20.8 Å². The van der Waals surface area contributed by atoms with Crippen molar-refractivity contribution in [3.8, 4) is 0 Å². The van der Waals surface area contributed by atoms with Crippen LogP contribution in [0.25, 0.3) is 5.65 Å². The Kier molecular flexibility index (Phi) is 3.92. The number of nitro groups is 1. The first-order valence-corrected chi connectivity index (χ1v) is 5.22. The number of hydrogen-bond donors (Lipinski definition) is 0. The van der Waals surface area contributed by atoms with Crippen LogP contribution in [0.4, 0.5) is 5.82 Å². The van der Waals surface area contributed by atoms with Crippen molar-refractivity contribution in [3.05, 3.63) is 39.7 Å². The van der Waals surface area contributed by atoms with E-state index < -0.39 is 4.92 Å². The lowest BCUT2D eigenvalue weighted by Gasteiger charge is -1.94. The molecule has 17 heavy (non-hydrogen) atoms. The Morgan fingerprint density at radius 1 is 1.47 bits per heavy atom. The summed E-state index contributed by atoms with van der Waals surface area (Å²) in [6.45, 7) is 5.54. The number of pyridine rings is 1. The van der Waals surface area contributed by atoms with Crippen LogP contribution in [0.5, 0.6) is 0 Å². The van der Waals surface area contributed by atoms with Gasteiger partial charge < -0.3 is 10.1 Å². The van der Waals surface area contributed by atoms with Crippen molar-refractivity contribution in [3.63, 3.8) is 0 Å². The number of carbonyl (C=O) groups is 1. The van der Waals surface area contributed by atoms with E-state index >= 15 is 0 Å². The van der Waals surface area contributed by atoms with Crippen LogP contribution in [0.1, 0.15) is 29.9 Å². The van der Waals surface area contributed by atoms with Crippen LogP contribution in [0.2, 0.25) is 0 Å². The van der Waals surface area contributed by atoms with E-state index in [0.717, 1.165) is 0 Å². The van der Waals surface area contributed by atoms with Gasteiger partial charge in [-0.25, -0.2) is 4.98 Å². The Morgan fingerprint density at radius 2 is 2.12 bits per heavy atom. The molecule has 2 aromatic heterocycles. The van der Waals surface area contributed by atoms with Crippen molar-refractivity contribution in [1.29, 1.82) is 0 Å². The lowest BCUT2D eigenvalue weighted by Crippen LogP contribution is -1.96. The van der Waals surface area contributed by atoms with Crippen LogP contribution >= 0.6 is 0 Å². The van der Waals surface area contributed by atoms with Crippen LogP contribution in [0.15, 0.2) is 18.3 Å². The van der Waals surface area contributed by atoms with Gasteiger partial charge in [-0.3, -0.25) is 4.79 Å². The van der Waals surface area contributed by atoms with Crippen LogP contribution in [0.3, 0.4) is 0 Å². The molecule has 0 aliphatic heterocycles. The van der Waals surface area contributed by atoms with Gasteiger partial charge in [0.2, 0.25) is 5.65 Å². The van der Waals surface area contributed by atoms with Gasteiger partial charge in [0.05, 0.1) is 11.8 Å². The van der Waals surface area contributed by atoms with Gasteiger partial charge in [0, 0.05) is 0 Å². The average molecular weight is 235 g/mol. The molecule has 0 saturated heterocycles. The highest BCUT2D eigenvalue weighted by Gasteiger charge is 2.20. The first-order chi connectivity index (χ1) is 8.15. The normalized spacial score (nSPS) is 9.59. The molecule has 2 rings (SSSR count). The molecule has 6 nitrogen and oxygen atoms in total. The second-order valence-electron chi connectivity index (χ2n) is 3.05. The summed E-state index contributed by atoms with van der Waals surface area (Å²) in [4.78, 5) is 24.9. The van der Waals surface area contributed by atoms with Gasteiger partial charge in [0.1, 0.15) is 5.69 Å². The summed E-state index contributed by atoms with van der Waals surface area (Å²) in [5.74, 6) is -0.103. The first-order valence-electron chi connectivity index (χ1n) is 5.22. The molecule has 0 amide bonds. The Hall–Kier alpha value is -2.24. The molecule has 0 aromatic carbocycles. The van der Waals surface area contributed by atoms with E-state index in [-0.39, 0.29) is 5.82 Å². The molecule has 0 atom stereocenters. The van der Waals surface area contributed by atoms with Crippen molar-refractivity contribution >= 4 is 17.8 Å².